The second-order valence-electron chi connectivity index (χ2n) is 5.15. The fraction of sp³-hybridized carbons (Fsp3) is 0.917. The van der Waals surface area contributed by atoms with Gasteiger partial charge >= 0.3 is 0 Å². The van der Waals surface area contributed by atoms with Gasteiger partial charge in [0.1, 0.15) is 0 Å². The highest BCUT2D eigenvalue weighted by Crippen LogP contribution is 2.37. The molecule has 0 radical (unpaired) electrons. The molecule has 2 aliphatic rings. The van der Waals surface area contributed by atoms with Crippen LogP contribution in [0.1, 0.15) is 19.3 Å². The van der Waals surface area contributed by atoms with Crippen molar-refractivity contribution < 1.29 is 14.4 Å². The summed E-state index contributed by atoms with van der Waals surface area (Å²) in [6.45, 7) is 4.80. The van der Waals surface area contributed by atoms with E-state index in [9.17, 15) is 4.79 Å². The molecule has 0 aromatic rings. The largest absolute Gasteiger partial charge is 0.381 e. The number of carbonyl (C=O) groups excluding carboxylic acids is 1. The Morgan fingerprint density at radius 1 is 1.53 bits per heavy atom. The van der Waals surface area contributed by atoms with Gasteiger partial charge in [0.25, 0.3) is 0 Å². The van der Waals surface area contributed by atoms with Gasteiger partial charge in [-0.25, -0.2) is 5.06 Å². The molecule has 0 saturated carbocycles. The molecule has 0 aromatic carbocycles. The molecule has 1 amide bonds. The fourth-order valence-corrected chi connectivity index (χ4v) is 2.70. The predicted octanol–water partition coefficient (Wildman–Crippen LogP) is 0.509. The van der Waals surface area contributed by atoms with Gasteiger partial charge in [-0.3, -0.25) is 9.63 Å². The van der Waals surface area contributed by atoms with Gasteiger partial charge in [-0.2, -0.15) is 0 Å². The monoisotopic (exact) mass is 242 g/mol. The standard InChI is InChI=1S/C12H22N2O3/c1-13(16-2)11(15)3-6-14-7-4-12(9-14)5-8-17-10-12/h3-10H2,1-2H3. The Morgan fingerprint density at radius 3 is 3.00 bits per heavy atom. The summed E-state index contributed by atoms with van der Waals surface area (Å²) in [6.07, 6.45) is 2.91. The Bertz CT molecular complexity index is 277. The number of likely N-dealkylation sites (tertiary alicyclic amines) is 1. The molecule has 2 heterocycles. The number of ether oxygens (including phenoxy) is 1. The highest BCUT2D eigenvalue weighted by Gasteiger charge is 2.40. The van der Waals surface area contributed by atoms with Crippen LogP contribution in [0.5, 0.6) is 0 Å². The van der Waals surface area contributed by atoms with Crippen molar-refractivity contribution >= 4 is 5.91 Å². The van der Waals surface area contributed by atoms with Gasteiger partial charge in [0.15, 0.2) is 0 Å². The minimum absolute atomic E-state index is 0.0381. The van der Waals surface area contributed by atoms with E-state index in [0.717, 1.165) is 32.8 Å². The summed E-state index contributed by atoms with van der Waals surface area (Å²) in [4.78, 5) is 18.8. The summed E-state index contributed by atoms with van der Waals surface area (Å²) in [7, 11) is 3.16. The Balaban J connectivity index is 1.73. The topological polar surface area (TPSA) is 42.0 Å². The van der Waals surface area contributed by atoms with Crippen molar-refractivity contribution in [3.05, 3.63) is 0 Å². The molecule has 0 bridgehead atoms. The Labute approximate surface area is 103 Å². The van der Waals surface area contributed by atoms with Crippen LogP contribution in [0.4, 0.5) is 0 Å². The molecule has 5 nitrogen and oxygen atoms in total. The lowest BCUT2D eigenvalue weighted by Crippen LogP contribution is -2.32. The average molecular weight is 242 g/mol. The molecule has 98 valence electrons. The van der Waals surface area contributed by atoms with E-state index in [1.807, 2.05) is 0 Å². The van der Waals surface area contributed by atoms with E-state index in [1.165, 1.54) is 25.0 Å². The Kier molecular flexibility index (Phi) is 4.01. The molecule has 2 fully saturated rings. The maximum Gasteiger partial charge on any atom is 0.247 e. The lowest BCUT2D eigenvalue weighted by molar-refractivity contribution is -0.168. The number of hydroxylamine groups is 2. The van der Waals surface area contributed by atoms with Crippen LogP contribution in [0.15, 0.2) is 0 Å². The summed E-state index contributed by atoms with van der Waals surface area (Å²) in [5.74, 6) is 0.0381. The summed E-state index contributed by atoms with van der Waals surface area (Å²) in [6, 6.07) is 0. The first-order chi connectivity index (χ1) is 8.15. The quantitative estimate of drug-likeness (QED) is 0.674. The summed E-state index contributed by atoms with van der Waals surface area (Å²) in [5, 5.41) is 1.30. The summed E-state index contributed by atoms with van der Waals surface area (Å²) in [5.41, 5.74) is 0.385. The van der Waals surface area contributed by atoms with Gasteiger partial charge in [-0.05, 0) is 19.4 Å². The van der Waals surface area contributed by atoms with E-state index in [0.29, 0.717) is 11.8 Å². The zero-order chi connectivity index (χ0) is 12.3. The van der Waals surface area contributed by atoms with Crippen molar-refractivity contribution in [3.63, 3.8) is 0 Å². The smallest absolute Gasteiger partial charge is 0.247 e. The molecule has 5 heteroatoms. The van der Waals surface area contributed by atoms with Crippen LogP contribution in [-0.2, 0) is 14.4 Å². The van der Waals surface area contributed by atoms with E-state index < -0.39 is 0 Å². The summed E-state index contributed by atoms with van der Waals surface area (Å²) >= 11 is 0. The number of rotatable bonds is 4. The van der Waals surface area contributed by atoms with Gasteiger partial charge in [0.05, 0.1) is 13.7 Å². The van der Waals surface area contributed by atoms with Crippen LogP contribution >= 0.6 is 0 Å². The molecule has 2 rings (SSSR count). The second-order valence-corrected chi connectivity index (χ2v) is 5.15. The molecule has 1 spiro atoms. The zero-order valence-electron chi connectivity index (χ0n) is 10.8. The number of hydrogen-bond acceptors (Lipinski definition) is 4. The van der Waals surface area contributed by atoms with Gasteiger partial charge < -0.3 is 9.64 Å². The first kappa shape index (κ1) is 12.8. The lowest BCUT2D eigenvalue weighted by atomic mass is 9.87. The summed E-state index contributed by atoms with van der Waals surface area (Å²) < 4.78 is 5.49. The van der Waals surface area contributed by atoms with Crippen LogP contribution < -0.4 is 0 Å². The van der Waals surface area contributed by atoms with E-state index >= 15 is 0 Å². The number of hydrogen-bond donors (Lipinski definition) is 0. The predicted molar refractivity (Wildman–Crippen MR) is 63.3 cm³/mol. The highest BCUT2D eigenvalue weighted by molar-refractivity contribution is 5.74. The van der Waals surface area contributed by atoms with Crippen molar-refractivity contribution in [1.29, 1.82) is 0 Å². The maximum atomic E-state index is 11.6. The van der Waals surface area contributed by atoms with Crippen molar-refractivity contribution in [2.75, 3.05) is 47.0 Å². The fourth-order valence-electron chi connectivity index (χ4n) is 2.70. The van der Waals surface area contributed by atoms with Crippen molar-refractivity contribution in [2.24, 2.45) is 5.41 Å². The molecule has 0 N–H and O–H groups in total. The highest BCUT2D eigenvalue weighted by atomic mass is 16.7. The van der Waals surface area contributed by atoms with Crippen LogP contribution in [0.2, 0.25) is 0 Å². The first-order valence-corrected chi connectivity index (χ1v) is 6.26. The van der Waals surface area contributed by atoms with Crippen LogP contribution in [0.3, 0.4) is 0 Å². The van der Waals surface area contributed by atoms with Crippen molar-refractivity contribution in [2.45, 2.75) is 19.3 Å². The minimum atomic E-state index is 0.0381. The van der Waals surface area contributed by atoms with Gasteiger partial charge in [0.2, 0.25) is 5.91 Å². The number of nitrogens with zero attached hydrogens (tertiary/aromatic N) is 2. The zero-order valence-corrected chi connectivity index (χ0v) is 10.8. The van der Waals surface area contributed by atoms with E-state index in [1.54, 1.807) is 7.05 Å². The molecular weight excluding hydrogens is 220 g/mol. The normalized spacial score (nSPS) is 29.1. The van der Waals surface area contributed by atoms with Crippen molar-refractivity contribution in [1.82, 2.24) is 9.96 Å². The minimum Gasteiger partial charge on any atom is -0.381 e. The van der Waals surface area contributed by atoms with E-state index in [2.05, 4.69) is 4.90 Å². The molecular formula is C12H22N2O3. The van der Waals surface area contributed by atoms with E-state index in [4.69, 9.17) is 9.57 Å². The lowest BCUT2D eigenvalue weighted by Gasteiger charge is -2.22. The molecule has 0 aromatic heterocycles. The van der Waals surface area contributed by atoms with Crippen molar-refractivity contribution in [3.8, 4) is 0 Å². The third-order valence-corrected chi connectivity index (χ3v) is 3.97. The molecule has 1 unspecified atom stereocenters. The third-order valence-electron chi connectivity index (χ3n) is 3.97. The van der Waals surface area contributed by atoms with Gasteiger partial charge in [-0.15, -0.1) is 0 Å². The number of amides is 1. The molecule has 0 aliphatic carbocycles. The van der Waals surface area contributed by atoms with Crippen LogP contribution in [0, 0.1) is 5.41 Å². The van der Waals surface area contributed by atoms with Crippen LogP contribution in [0.25, 0.3) is 0 Å². The average Bonchev–Trinajstić information content (AvgIpc) is 2.96. The third kappa shape index (κ3) is 2.97. The van der Waals surface area contributed by atoms with E-state index in [-0.39, 0.29) is 5.91 Å². The molecule has 2 saturated heterocycles. The van der Waals surface area contributed by atoms with Gasteiger partial charge in [0, 0.05) is 38.6 Å². The molecule has 1 atom stereocenters. The Hall–Kier alpha value is -0.650. The SMILES string of the molecule is CON(C)C(=O)CCN1CCC2(CCOC2)C1. The maximum absolute atomic E-state index is 11.6. The second kappa shape index (κ2) is 5.33. The molecule has 2 aliphatic heterocycles. The number of carbonyl (C=O) groups is 1. The Morgan fingerprint density at radius 2 is 2.35 bits per heavy atom. The van der Waals surface area contributed by atoms with Gasteiger partial charge in [-0.1, -0.05) is 0 Å². The van der Waals surface area contributed by atoms with Crippen LogP contribution in [-0.4, -0.2) is 62.9 Å². The first-order valence-electron chi connectivity index (χ1n) is 6.26. The molecule has 17 heavy (non-hydrogen) atoms.